The second kappa shape index (κ2) is 23.3. The number of carboxylic acid groups (broad SMARTS) is 2. The lowest BCUT2D eigenvalue weighted by Crippen LogP contribution is -2.59. The minimum atomic E-state index is -1.26. The largest absolute Gasteiger partial charge is 0.480 e. The number of aliphatic carboxylic acids is 2. The minimum Gasteiger partial charge on any atom is -0.480 e. The molecule has 2 aromatic carbocycles. The van der Waals surface area contributed by atoms with E-state index in [1.165, 1.54) is 0 Å². The molecule has 0 radical (unpaired) electrons. The fourth-order valence-electron chi connectivity index (χ4n) is 5.08. The third-order valence-corrected chi connectivity index (χ3v) is 8.26. The molecule has 0 saturated heterocycles. The van der Waals surface area contributed by atoms with Gasteiger partial charge in [0.05, 0.1) is 0 Å². The first-order chi connectivity index (χ1) is 24.4. The molecule has 15 nitrogen and oxygen atoms in total. The Morgan fingerprint density at radius 3 is 1.86 bits per heavy atom. The normalized spacial score (nSPS) is 13.7. The summed E-state index contributed by atoms with van der Waals surface area (Å²) in [6.07, 6.45) is 1.85. The third-order valence-electron chi connectivity index (χ3n) is 8.26. The van der Waals surface area contributed by atoms with Crippen LogP contribution in [0.2, 0.25) is 0 Å². The van der Waals surface area contributed by atoms with E-state index in [9.17, 15) is 39.0 Å². The van der Waals surface area contributed by atoms with Gasteiger partial charge in [0.2, 0.25) is 11.8 Å². The monoisotopic (exact) mass is 712 g/mol. The summed E-state index contributed by atoms with van der Waals surface area (Å²) in [5.74, 6) is -4.32. The number of hydrogen-bond acceptors (Lipinski definition) is 8. The molecule has 0 fully saturated rings. The van der Waals surface area contributed by atoms with Crippen LogP contribution in [0.4, 0.5) is 9.59 Å². The summed E-state index contributed by atoms with van der Waals surface area (Å²) >= 11 is 0. The van der Waals surface area contributed by atoms with Crippen molar-refractivity contribution in [1.29, 1.82) is 0 Å². The summed E-state index contributed by atoms with van der Waals surface area (Å²) in [7, 11) is 0. The average Bonchev–Trinajstić information content (AvgIpc) is 3.11. The first-order valence-corrected chi connectivity index (χ1v) is 17.3. The van der Waals surface area contributed by atoms with Crippen LogP contribution in [-0.4, -0.2) is 83.3 Å². The number of nitrogens with two attached hydrogens (primary N) is 1. The van der Waals surface area contributed by atoms with E-state index >= 15 is 0 Å². The second-order valence-electron chi connectivity index (χ2n) is 12.3. The van der Waals surface area contributed by atoms with E-state index in [4.69, 9.17) is 10.5 Å². The highest BCUT2D eigenvalue weighted by atomic mass is 16.5. The van der Waals surface area contributed by atoms with Gasteiger partial charge in [-0.15, -0.1) is 0 Å². The van der Waals surface area contributed by atoms with Gasteiger partial charge in [0, 0.05) is 13.0 Å². The molecule has 0 unspecified atom stereocenters. The average molecular weight is 713 g/mol. The van der Waals surface area contributed by atoms with Gasteiger partial charge in [-0.2, -0.15) is 0 Å². The molecule has 0 saturated carbocycles. The van der Waals surface area contributed by atoms with Gasteiger partial charge in [-0.3, -0.25) is 9.59 Å². The lowest BCUT2D eigenvalue weighted by atomic mass is 9.96. The number of hydrogen-bond donors (Lipinski definition) is 8. The standard InChI is InChI=1S/C36H52N6O9/c1-3-24(2)30(32(44)39-29(34(47)48)22-25-14-6-4-7-15-25)42-31(43)27(40-35(49)41-28(33(45)46)19-10-12-20-37)18-11-13-21-38-36(50)51-23-26-16-8-5-9-17-26/h4-9,14-17,24,27-30H,3,10-13,18-23,37H2,1-2H3,(H,38,50)(H,39,44)(H,42,43)(H,45,46)(H,47,48)(H2,40,41,49)/t24-,27-,28+,29+,30+/m1/s1. The zero-order valence-electron chi connectivity index (χ0n) is 29.3. The van der Waals surface area contributed by atoms with Crippen molar-refractivity contribution < 1.29 is 43.7 Å². The predicted molar refractivity (Wildman–Crippen MR) is 189 cm³/mol. The molecule has 5 atom stereocenters. The van der Waals surface area contributed by atoms with Crippen molar-refractivity contribution in [2.75, 3.05) is 13.1 Å². The molecule has 0 aromatic heterocycles. The Morgan fingerprint density at radius 2 is 1.27 bits per heavy atom. The highest BCUT2D eigenvalue weighted by Crippen LogP contribution is 2.12. The summed E-state index contributed by atoms with van der Waals surface area (Å²) in [6.45, 7) is 4.22. The summed E-state index contributed by atoms with van der Waals surface area (Å²) in [5, 5.41) is 32.2. The molecule has 0 heterocycles. The van der Waals surface area contributed by atoms with Gasteiger partial charge in [-0.05, 0) is 62.1 Å². The Bertz CT molecular complexity index is 1400. The van der Waals surface area contributed by atoms with E-state index in [0.717, 1.165) is 5.56 Å². The molecule has 51 heavy (non-hydrogen) atoms. The molecule has 0 aliphatic rings. The highest BCUT2D eigenvalue weighted by molar-refractivity contribution is 5.94. The molecule has 2 aromatic rings. The molecule has 9 N–H and O–H groups in total. The number of rotatable bonds is 23. The topological polar surface area (TPSA) is 238 Å². The van der Waals surface area contributed by atoms with E-state index in [0.29, 0.717) is 44.2 Å². The number of unbranched alkanes of at least 4 members (excludes halogenated alkanes) is 2. The van der Waals surface area contributed by atoms with Crippen LogP contribution in [-0.2, 0) is 36.9 Å². The number of urea groups is 1. The van der Waals surface area contributed by atoms with Gasteiger partial charge in [0.15, 0.2) is 0 Å². The van der Waals surface area contributed by atoms with Gasteiger partial charge in [-0.1, -0.05) is 80.9 Å². The summed E-state index contributed by atoms with van der Waals surface area (Å²) in [6, 6.07) is 12.2. The van der Waals surface area contributed by atoms with E-state index in [1.807, 2.05) is 37.3 Å². The van der Waals surface area contributed by atoms with Crippen LogP contribution in [0.3, 0.4) is 0 Å². The number of nitrogens with one attached hydrogen (secondary N) is 5. The predicted octanol–water partition coefficient (Wildman–Crippen LogP) is 2.68. The Hall–Kier alpha value is -5.18. The summed E-state index contributed by atoms with van der Waals surface area (Å²) in [5.41, 5.74) is 7.03. The molecular weight excluding hydrogens is 660 g/mol. The molecule has 5 amide bonds. The third kappa shape index (κ3) is 16.4. The van der Waals surface area contributed by atoms with Crippen LogP contribution >= 0.6 is 0 Å². The number of carboxylic acids is 2. The van der Waals surface area contributed by atoms with Gasteiger partial charge in [-0.25, -0.2) is 19.2 Å². The number of alkyl carbamates (subject to hydrolysis) is 1. The van der Waals surface area contributed by atoms with E-state index in [2.05, 4.69) is 26.6 Å². The number of carbonyl (C=O) groups is 6. The zero-order chi connectivity index (χ0) is 37.6. The van der Waals surface area contributed by atoms with Crippen molar-refractivity contribution in [1.82, 2.24) is 26.6 Å². The molecule has 0 aliphatic carbocycles. The van der Waals surface area contributed by atoms with Crippen LogP contribution in [0.5, 0.6) is 0 Å². The maximum absolute atomic E-state index is 13.7. The SMILES string of the molecule is CC[C@@H](C)[C@H](NC(=O)[C@@H](CCCCNC(=O)OCc1ccccc1)NC(=O)N[C@@H](CCCCN)C(=O)O)C(=O)N[C@@H](Cc1ccccc1)C(=O)O. The van der Waals surface area contributed by atoms with Crippen LogP contribution in [0.25, 0.3) is 0 Å². The molecule has 0 spiro atoms. The summed E-state index contributed by atoms with van der Waals surface area (Å²) < 4.78 is 5.20. The lowest BCUT2D eigenvalue weighted by Gasteiger charge is -2.28. The molecule has 15 heteroatoms. The van der Waals surface area contributed by atoms with Crippen molar-refractivity contribution in [2.24, 2.45) is 11.7 Å². The maximum atomic E-state index is 13.7. The number of carbonyl (C=O) groups excluding carboxylic acids is 4. The van der Waals surface area contributed by atoms with Crippen molar-refractivity contribution in [3.63, 3.8) is 0 Å². The Morgan fingerprint density at radius 1 is 0.706 bits per heavy atom. The van der Waals surface area contributed by atoms with Crippen molar-refractivity contribution >= 4 is 35.9 Å². The molecule has 280 valence electrons. The Balaban J connectivity index is 2.11. The highest BCUT2D eigenvalue weighted by Gasteiger charge is 2.33. The van der Waals surface area contributed by atoms with Crippen LogP contribution in [0, 0.1) is 5.92 Å². The lowest BCUT2D eigenvalue weighted by molar-refractivity contribution is -0.142. The minimum absolute atomic E-state index is 0.0251. The fourth-order valence-corrected chi connectivity index (χ4v) is 5.08. The first kappa shape index (κ1) is 42.0. The van der Waals surface area contributed by atoms with E-state index in [1.54, 1.807) is 37.3 Å². The molecule has 2 rings (SSSR count). The van der Waals surface area contributed by atoms with Crippen molar-refractivity contribution in [2.45, 2.75) is 96.0 Å². The fraction of sp³-hybridized carbons (Fsp3) is 0.500. The zero-order valence-corrected chi connectivity index (χ0v) is 29.3. The van der Waals surface area contributed by atoms with Crippen molar-refractivity contribution in [3.05, 3.63) is 71.8 Å². The number of ether oxygens (including phenoxy) is 1. The van der Waals surface area contributed by atoms with E-state index < -0.39 is 66.0 Å². The van der Waals surface area contributed by atoms with Crippen LogP contribution in [0.15, 0.2) is 60.7 Å². The molecule has 0 bridgehead atoms. The Labute approximate surface area is 298 Å². The number of amides is 5. The first-order valence-electron chi connectivity index (χ1n) is 17.3. The summed E-state index contributed by atoms with van der Waals surface area (Å²) in [4.78, 5) is 76.1. The quantitative estimate of drug-likeness (QED) is 0.0784. The molecular formula is C36H52N6O9. The second-order valence-corrected chi connectivity index (χ2v) is 12.3. The van der Waals surface area contributed by atoms with Crippen molar-refractivity contribution in [3.8, 4) is 0 Å². The molecule has 0 aliphatic heterocycles. The van der Waals surface area contributed by atoms with E-state index in [-0.39, 0.29) is 32.4 Å². The Kier molecular flexibility index (Phi) is 19.2. The van der Waals surface area contributed by atoms with Crippen LogP contribution < -0.4 is 32.3 Å². The smallest absolute Gasteiger partial charge is 0.407 e. The van der Waals surface area contributed by atoms with Gasteiger partial charge in [0.25, 0.3) is 0 Å². The number of benzene rings is 2. The maximum Gasteiger partial charge on any atom is 0.407 e. The van der Waals surface area contributed by atoms with Gasteiger partial charge in [0.1, 0.15) is 30.8 Å². The van der Waals surface area contributed by atoms with Gasteiger partial charge < -0.3 is 47.3 Å². The van der Waals surface area contributed by atoms with Gasteiger partial charge >= 0.3 is 24.1 Å². The van der Waals surface area contributed by atoms with Crippen LogP contribution in [0.1, 0.15) is 69.9 Å².